The standard InChI is InChI=1S/C15H14ClNO4S/c1-7-3-10-12(21-8(2)18)4-11-13(14(10)22-7)9(5-16)6-17(11)15(19)20/h3-4,9H,5-6H2,1-2H3,(H,19,20). The van der Waals surface area contributed by atoms with Crippen molar-refractivity contribution in [2.75, 3.05) is 17.3 Å². The largest absolute Gasteiger partial charge is 0.465 e. The Morgan fingerprint density at radius 3 is 2.82 bits per heavy atom. The number of hydrogen-bond acceptors (Lipinski definition) is 4. The number of hydrogen-bond donors (Lipinski definition) is 1. The predicted molar refractivity (Wildman–Crippen MR) is 86.7 cm³/mol. The van der Waals surface area contributed by atoms with Crippen LogP contribution in [-0.4, -0.2) is 29.6 Å². The molecule has 2 aromatic rings. The summed E-state index contributed by atoms with van der Waals surface area (Å²) in [5, 5.41) is 10.2. The molecule has 0 saturated carbocycles. The summed E-state index contributed by atoms with van der Waals surface area (Å²) in [5.74, 6) is 0.251. The fourth-order valence-corrected chi connectivity index (χ4v) is 4.27. The maximum Gasteiger partial charge on any atom is 0.411 e. The molecule has 1 aromatic heterocycles. The molecule has 1 unspecified atom stereocenters. The molecule has 1 amide bonds. The zero-order valence-corrected chi connectivity index (χ0v) is 13.6. The average molecular weight is 340 g/mol. The number of halogens is 1. The van der Waals surface area contributed by atoms with E-state index in [1.165, 1.54) is 11.8 Å². The lowest BCUT2D eigenvalue weighted by Gasteiger charge is -2.14. The van der Waals surface area contributed by atoms with E-state index in [9.17, 15) is 14.7 Å². The van der Waals surface area contributed by atoms with E-state index in [-0.39, 0.29) is 5.92 Å². The Morgan fingerprint density at radius 1 is 1.50 bits per heavy atom. The molecule has 116 valence electrons. The number of rotatable bonds is 2. The van der Waals surface area contributed by atoms with Crippen molar-refractivity contribution in [2.24, 2.45) is 0 Å². The Morgan fingerprint density at radius 2 is 2.23 bits per heavy atom. The lowest BCUT2D eigenvalue weighted by Crippen LogP contribution is -2.28. The van der Waals surface area contributed by atoms with Gasteiger partial charge in [0.25, 0.3) is 0 Å². The van der Waals surface area contributed by atoms with Crippen LogP contribution < -0.4 is 9.64 Å². The van der Waals surface area contributed by atoms with E-state index in [0.717, 1.165) is 20.5 Å². The smallest absolute Gasteiger partial charge is 0.411 e. The van der Waals surface area contributed by atoms with Gasteiger partial charge in [-0.2, -0.15) is 0 Å². The molecule has 0 radical (unpaired) electrons. The SMILES string of the molecule is CC(=O)Oc1cc2c(c3sc(C)cc13)C(CCl)CN2C(=O)O. The highest BCUT2D eigenvalue weighted by Gasteiger charge is 2.35. The van der Waals surface area contributed by atoms with Crippen molar-refractivity contribution in [1.82, 2.24) is 0 Å². The zero-order chi connectivity index (χ0) is 16.0. The van der Waals surface area contributed by atoms with Crippen molar-refractivity contribution in [3.63, 3.8) is 0 Å². The van der Waals surface area contributed by atoms with Crippen molar-refractivity contribution >= 4 is 50.8 Å². The molecule has 2 heterocycles. The zero-order valence-electron chi connectivity index (χ0n) is 12.1. The molecule has 1 aliphatic rings. The van der Waals surface area contributed by atoms with Crippen LogP contribution in [0, 0.1) is 6.92 Å². The second-order valence-corrected chi connectivity index (χ2v) is 6.81. The lowest BCUT2D eigenvalue weighted by molar-refractivity contribution is -0.131. The number of aryl methyl sites for hydroxylation is 1. The van der Waals surface area contributed by atoms with Gasteiger partial charge in [-0.05, 0) is 13.0 Å². The first-order valence-corrected chi connectivity index (χ1v) is 8.09. The van der Waals surface area contributed by atoms with Gasteiger partial charge >= 0.3 is 12.1 Å². The lowest BCUT2D eigenvalue weighted by atomic mass is 10.0. The van der Waals surface area contributed by atoms with E-state index in [1.807, 2.05) is 13.0 Å². The molecule has 1 N–H and O–H groups in total. The average Bonchev–Trinajstić information content (AvgIpc) is 2.98. The van der Waals surface area contributed by atoms with Crippen LogP contribution in [0.15, 0.2) is 12.1 Å². The molecule has 7 heteroatoms. The van der Waals surface area contributed by atoms with Gasteiger partial charge in [0.1, 0.15) is 5.75 Å². The van der Waals surface area contributed by atoms with Crippen LogP contribution in [0.2, 0.25) is 0 Å². The number of thiophene rings is 1. The van der Waals surface area contributed by atoms with Crippen molar-refractivity contribution in [2.45, 2.75) is 19.8 Å². The first kappa shape index (κ1) is 15.1. The first-order chi connectivity index (χ1) is 10.4. The second kappa shape index (κ2) is 5.44. The summed E-state index contributed by atoms with van der Waals surface area (Å²) in [7, 11) is 0. The van der Waals surface area contributed by atoms with Crippen LogP contribution >= 0.6 is 22.9 Å². The van der Waals surface area contributed by atoms with Gasteiger partial charge in [-0.25, -0.2) is 4.79 Å². The topological polar surface area (TPSA) is 66.8 Å². The number of amides is 1. The highest BCUT2D eigenvalue weighted by Crippen LogP contribution is 2.48. The third kappa shape index (κ3) is 2.32. The van der Waals surface area contributed by atoms with Crippen molar-refractivity contribution < 1.29 is 19.4 Å². The van der Waals surface area contributed by atoms with Gasteiger partial charge in [-0.3, -0.25) is 9.69 Å². The Kier molecular flexibility index (Phi) is 3.74. The van der Waals surface area contributed by atoms with E-state index >= 15 is 0 Å². The monoisotopic (exact) mass is 339 g/mol. The number of alkyl halides is 1. The number of esters is 1. The summed E-state index contributed by atoms with van der Waals surface area (Å²) in [6.45, 7) is 3.62. The fraction of sp³-hybridized carbons (Fsp3) is 0.333. The molecule has 0 aliphatic carbocycles. The van der Waals surface area contributed by atoms with E-state index in [4.69, 9.17) is 16.3 Å². The second-order valence-electron chi connectivity index (χ2n) is 5.25. The number of ether oxygens (including phenoxy) is 1. The summed E-state index contributed by atoms with van der Waals surface area (Å²) in [5.41, 5.74) is 1.49. The Hall–Kier alpha value is -1.79. The van der Waals surface area contributed by atoms with Crippen molar-refractivity contribution in [3.05, 3.63) is 22.6 Å². The van der Waals surface area contributed by atoms with E-state index in [1.54, 1.807) is 17.4 Å². The first-order valence-electron chi connectivity index (χ1n) is 6.74. The predicted octanol–water partition coefficient (Wildman–Crippen LogP) is 3.96. The Labute approximate surface area is 136 Å². The summed E-state index contributed by atoms with van der Waals surface area (Å²) in [6, 6.07) is 3.58. The third-order valence-corrected chi connectivity index (χ3v) is 5.14. The molecule has 5 nitrogen and oxygen atoms in total. The maximum atomic E-state index is 11.5. The third-order valence-electron chi connectivity index (χ3n) is 3.68. The normalized spacial score (nSPS) is 16.9. The van der Waals surface area contributed by atoms with Gasteiger partial charge in [-0.1, -0.05) is 0 Å². The van der Waals surface area contributed by atoms with Crippen LogP contribution in [0.4, 0.5) is 10.5 Å². The summed E-state index contributed by atoms with van der Waals surface area (Å²) in [6.07, 6.45) is -1.03. The minimum Gasteiger partial charge on any atom is -0.465 e. The van der Waals surface area contributed by atoms with Crippen LogP contribution in [0.25, 0.3) is 10.1 Å². The molecular formula is C15H14ClNO4S. The Balaban J connectivity index is 2.30. The molecule has 0 fully saturated rings. The highest BCUT2D eigenvalue weighted by molar-refractivity contribution is 7.19. The molecule has 1 atom stereocenters. The summed E-state index contributed by atoms with van der Waals surface area (Å²) in [4.78, 5) is 25.1. The van der Waals surface area contributed by atoms with E-state index < -0.39 is 12.1 Å². The van der Waals surface area contributed by atoms with Gasteiger partial charge < -0.3 is 9.84 Å². The van der Waals surface area contributed by atoms with Crippen LogP contribution in [0.5, 0.6) is 5.75 Å². The fourth-order valence-electron chi connectivity index (χ4n) is 2.87. The maximum absolute atomic E-state index is 11.5. The molecule has 1 aliphatic heterocycles. The quantitative estimate of drug-likeness (QED) is 0.511. The van der Waals surface area contributed by atoms with Gasteiger partial charge in [0, 0.05) is 51.9 Å². The number of carbonyl (C=O) groups is 2. The molecule has 3 rings (SSSR count). The minimum atomic E-state index is -1.03. The number of carboxylic acid groups (broad SMARTS) is 1. The summed E-state index contributed by atoms with van der Waals surface area (Å²) < 4.78 is 6.22. The molecule has 22 heavy (non-hydrogen) atoms. The van der Waals surface area contributed by atoms with Crippen LogP contribution in [-0.2, 0) is 4.79 Å². The van der Waals surface area contributed by atoms with Gasteiger partial charge in [0.2, 0.25) is 0 Å². The van der Waals surface area contributed by atoms with Crippen LogP contribution in [0.3, 0.4) is 0 Å². The number of carbonyl (C=O) groups excluding carboxylic acids is 1. The number of fused-ring (bicyclic) bond motifs is 3. The molecule has 0 saturated heterocycles. The van der Waals surface area contributed by atoms with Crippen LogP contribution in [0.1, 0.15) is 23.3 Å². The molecule has 1 aromatic carbocycles. The van der Waals surface area contributed by atoms with E-state index in [2.05, 4.69) is 0 Å². The number of anilines is 1. The molecule has 0 spiro atoms. The number of benzene rings is 1. The van der Waals surface area contributed by atoms with Gasteiger partial charge in [0.05, 0.1) is 5.69 Å². The Bertz CT molecular complexity index is 785. The molecular weight excluding hydrogens is 326 g/mol. The van der Waals surface area contributed by atoms with Crippen molar-refractivity contribution in [1.29, 1.82) is 0 Å². The highest BCUT2D eigenvalue weighted by atomic mass is 35.5. The summed E-state index contributed by atoms with van der Waals surface area (Å²) >= 11 is 7.60. The molecule has 0 bridgehead atoms. The van der Waals surface area contributed by atoms with Gasteiger partial charge in [0.15, 0.2) is 0 Å². The van der Waals surface area contributed by atoms with Gasteiger partial charge in [-0.15, -0.1) is 22.9 Å². The minimum absolute atomic E-state index is 0.0558. The van der Waals surface area contributed by atoms with Crippen molar-refractivity contribution in [3.8, 4) is 5.75 Å². The number of nitrogens with zero attached hydrogens (tertiary/aromatic N) is 1. The van der Waals surface area contributed by atoms with E-state index in [0.29, 0.717) is 23.9 Å².